The molecule has 0 bridgehead atoms. The second kappa shape index (κ2) is 11.1. The first-order chi connectivity index (χ1) is 17.9. The highest BCUT2D eigenvalue weighted by molar-refractivity contribution is 5.25. The number of hydrogen-bond donors (Lipinski definition) is 3. The van der Waals surface area contributed by atoms with Crippen LogP contribution in [-0.2, 0) is 9.47 Å². The summed E-state index contributed by atoms with van der Waals surface area (Å²) in [5.41, 5.74) is 1.97. The Morgan fingerprint density at radius 2 is 1.79 bits per heavy atom. The maximum Gasteiger partial charge on any atom is 0.160 e. The van der Waals surface area contributed by atoms with Gasteiger partial charge in [0.15, 0.2) is 6.29 Å². The highest BCUT2D eigenvalue weighted by atomic mass is 16.7. The molecule has 3 N–H and O–H groups in total. The van der Waals surface area contributed by atoms with Crippen molar-refractivity contribution >= 4 is 0 Å². The number of hydrogen-bond acceptors (Lipinski definition) is 5. The Balaban J connectivity index is 1.23. The topological polar surface area (TPSA) is 79.2 Å². The Hall–Kier alpha value is -0.460. The van der Waals surface area contributed by atoms with E-state index < -0.39 is 18.0 Å². The minimum absolute atomic E-state index is 0.0636. The van der Waals surface area contributed by atoms with Gasteiger partial charge in [0.2, 0.25) is 0 Å². The van der Waals surface area contributed by atoms with Gasteiger partial charge in [-0.2, -0.15) is 0 Å². The van der Waals surface area contributed by atoms with Gasteiger partial charge >= 0.3 is 0 Å². The van der Waals surface area contributed by atoms with Crippen molar-refractivity contribution in [1.82, 2.24) is 0 Å². The average molecular weight is 533 g/mol. The quantitative estimate of drug-likeness (QED) is 0.249. The minimum atomic E-state index is -0.533. The predicted molar refractivity (Wildman–Crippen MR) is 150 cm³/mol. The van der Waals surface area contributed by atoms with Gasteiger partial charge in [-0.3, -0.25) is 0 Å². The van der Waals surface area contributed by atoms with Gasteiger partial charge in [0.25, 0.3) is 0 Å². The van der Waals surface area contributed by atoms with Crippen molar-refractivity contribution in [3.63, 3.8) is 0 Å². The molecule has 0 radical (unpaired) electrons. The Kier molecular flexibility index (Phi) is 8.47. The molecule has 1 aliphatic heterocycles. The molecule has 0 aromatic rings. The molecule has 38 heavy (non-hydrogen) atoms. The van der Waals surface area contributed by atoms with Gasteiger partial charge in [-0.05, 0) is 106 Å². The molecule has 0 spiro atoms. The fourth-order valence-corrected chi connectivity index (χ4v) is 9.98. The summed E-state index contributed by atoms with van der Waals surface area (Å²) in [5.74, 6) is 3.52. The van der Waals surface area contributed by atoms with E-state index in [9.17, 15) is 15.3 Å². The molecule has 5 nitrogen and oxygen atoms in total. The van der Waals surface area contributed by atoms with E-state index in [2.05, 4.69) is 26.8 Å². The van der Waals surface area contributed by atoms with Gasteiger partial charge in [-0.15, -0.1) is 0 Å². The lowest BCUT2D eigenvalue weighted by atomic mass is 9.45. The molecule has 5 rings (SSSR count). The molecule has 0 amide bonds. The third kappa shape index (κ3) is 5.53. The lowest BCUT2D eigenvalue weighted by Gasteiger charge is -2.60. The van der Waals surface area contributed by atoms with Gasteiger partial charge < -0.3 is 24.8 Å². The molecule has 4 fully saturated rings. The number of unbranched alkanes of at least 4 members (excludes halogenated alkanes) is 1. The van der Waals surface area contributed by atoms with E-state index in [4.69, 9.17) is 9.47 Å². The van der Waals surface area contributed by atoms with Crippen molar-refractivity contribution in [2.45, 2.75) is 148 Å². The second-order valence-corrected chi connectivity index (χ2v) is 15.1. The SMILES string of the molecule is C[C@@H]1C2=CCC3C4CCC(CCCCC(C)(C)O)[C@@]4(C)CC[C@@]3(C)C2CC[C@@H]1O[C@H]1C[C@@H](O)C[C@@H](CO)O1. The monoisotopic (exact) mass is 532 g/mol. The number of fused-ring (bicyclic) bond motifs is 5. The van der Waals surface area contributed by atoms with Crippen LogP contribution < -0.4 is 0 Å². The lowest BCUT2D eigenvalue weighted by Crippen LogP contribution is -2.53. The summed E-state index contributed by atoms with van der Waals surface area (Å²) in [5, 5.41) is 29.9. The summed E-state index contributed by atoms with van der Waals surface area (Å²) in [4.78, 5) is 0. The predicted octanol–water partition coefficient (Wildman–Crippen LogP) is 6.39. The van der Waals surface area contributed by atoms with Gasteiger partial charge in [-0.1, -0.05) is 45.3 Å². The van der Waals surface area contributed by atoms with Gasteiger partial charge in [0, 0.05) is 18.8 Å². The molecular weight excluding hydrogens is 476 g/mol. The zero-order valence-corrected chi connectivity index (χ0v) is 24.8. The molecule has 4 unspecified atom stereocenters. The van der Waals surface area contributed by atoms with Crippen LogP contribution in [0.1, 0.15) is 118 Å². The minimum Gasteiger partial charge on any atom is -0.394 e. The summed E-state index contributed by atoms with van der Waals surface area (Å²) >= 11 is 0. The molecule has 5 aliphatic rings. The Morgan fingerprint density at radius 1 is 1.03 bits per heavy atom. The molecule has 4 aliphatic carbocycles. The molecule has 0 aromatic heterocycles. The van der Waals surface area contributed by atoms with Crippen LogP contribution in [0.4, 0.5) is 0 Å². The van der Waals surface area contributed by atoms with Crippen LogP contribution in [-0.4, -0.2) is 52.1 Å². The molecule has 0 aromatic carbocycles. The zero-order chi connectivity index (χ0) is 27.3. The lowest BCUT2D eigenvalue weighted by molar-refractivity contribution is -0.247. The van der Waals surface area contributed by atoms with Crippen molar-refractivity contribution in [3.8, 4) is 0 Å². The van der Waals surface area contributed by atoms with E-state index in [-0.39, 0.29) is 18.8 Å². The second-order valence-electron chi connectivity index (χ2n) is 15.1. The molecule has 3 saturated carbocycles. The number of allylic oxidation sites excluding steroid dienone is 1. The molecule has 1 saturated heterocycles. The van der Waals surface area contributed by atoms with Crippen LogP contribution in [0.3, 0.4) is 0 Å². The van der Waals surface area contributed by atoms with Crippen LogP contribution in [0.25, 0.3) is 0 Å². The number of ether oxygens (including phenoxy) is 2. The van der Waals surface area contributed by atoms with E-state index in [0.29, 0.717) is 35.5 Å². The van der Waals surface area contributed by atoms with Crippen LogP contribution in [0, 0.1) is 40.4 Å². The van der Waals surface area contributed by atoms with Gasteiger partial charge in [0.1, 0.15) is 0 Å². The fourth-order valence-electron chi connectivity index (χ4n) is 9.98. The summed E-state index contributed by atoms with van der Waals surface area (Å²) < 4.78 is 12.4. The van der Waals surface area contributed by atoms with Crippen molar-refractivity contribution in [2.24, 2.45) is 40.4 Å². The van der Waals surface area contributed by atoms with E-state index >= 15 is 0 Å². The number of aliphatic hydroxyl groups excluding tert-OH is 2. The first kappa shape index (κ1) is 29.0. The molecule has 1 heterocycles. The maximum atomic E-state index is 10.2. The maximum absolute atomic E-state index is 10.2. The number of aliphatic hydroxyl groups is 3. The first-order valence-electron chi connectivity index (χ1n) is 16.0. The largest absolute Gasteiger partial charge is 0.394 e. The zero-order valence-electron chi connectivity index (χ0n) is 24.8. The summed E-state index contributed by atoms with van der Waals surface area (Å²) in [6.07, 6.45) is 16.2. The van der Waals surface area contributed by atoms with Gasteiger partial charge in [0.05, 0.1) is 30.5 Å². The van der Waals surface area contributed by atoms with Crippen LogP contribution in [0.2, 0.25) is 0 Å². The van der Waals surface area contributed by atoms with E-state index in [1.807, 2.05) is 13.8 Å². The smallest absolute Gasteiger partial charge is 0.160 e. The fraction of sp³-hybridized carbons (Fsp3) is 0.939. The van der Waals surface area contributed by atoms with Crippen molar-refractivity contribution < 1.29 is 24.8 Å². The summed E-state index contributed by atoms with van der Waals surface area (Å²) in [7, 11) is 0. The Morgan fingerprint density at radius 3 is 2.53 bits per heavy atom. The molecule has 11 atom stereocenters. The molecule has 218 valence electrons. The third-order valence-electron chi connectivity index (χ3n) is 12.2. The van der Waals surface area contributed by atoms with Crippen LogP contribution in [0.15, 0.2) is 11.6 Å². The Labute approximate surface area is 231 Å². The van der Waals surface area contributed by atoms with Gasteiger partial charge in [-0.25, -0.2) is 0 Å². The normalized spacial score (nSPS) is 47.2. The van der Waals surface area contributed by atoms with Crippen LogP contribution >= 0.6 is 0 Å². The first-order valence-corrected chi connectivity index (χ1v) is 16.0. The molecular formula is C33H56O5. The van der Waals surface area contributed by atoms with Crippen molar-refractivity contribution in [1.29, 1.82) is 0 Å². The van der Waals surface area contributed by atoms with E-state index in [1.54, 1.807) is 5.57 Å². The van der Waals surface area contributed by atoms with E-state index in [0.717, 1.165) is 37.0 Å². The third-order valence-corrected chi connectivity index (χ3v) is 12.2. The summed E-state index contributed by atoms with van der Waals surface area (Å²) in [6.45, 7) is 11.4. The Bertz CT molecular complexity index is 849. The van der Waals surface area contributed by atoms with Crippen molar-refractivity contribution in [2.75, 3.05) is 6.61 Å². The highest BCUT2D eigenvalue weighted by Crippen LogP contribution is 2.68. The summed E-state index contributed by atoms with van der Waals surface area (Å²) in [6, 6.07) is 0. The van der Waals surface area contributed by atoms with E-state index in [1.165, 1.54) is 51.4 Å². The highest BCUT2D eigenvalue weighted by Gasteiger charge is 2.60. The number of rotatable bonds is 8. The van der Waals surface area contributed by atoms with Crippen molar-refractivity contribution in [3.05, 3.63) is 11.6 Å². The standard InChI is InChI=1S/C33H56O5/c1-21-25-10-12-28-27-11-9-22(8-6-7-15-31(2,3)36)32(27,4)16-17-33(28,5)26(25)13-14-29(21)38-30-19-23(35)18-24(20-34)37-30/h10,21-24,26-30,34-36H,6-9,11-20H2,1-5H3/t21-,22?,23+,24+,26?,27?,28?,29+,30+,32-,33+/m1/s1. The molecule has 5 heteroatoms. The van der Waals surface area contributed by atoms with Crippen LogP contribution in [0.5, 0.6) is 0 Å². The average Bonchev–Trinajstić information content (AvgIpc) is 3.18.